The van der Waals surface area contributed by atoms with Crippen LogP contribution < -0.4 is 5.32 Å². The van der Waals surface area contributed by atoms with Crippen LogP contribution in [-0.2, 0) is 13.1 Å². The van der Waals surface area contributed by atoms with Crippen molar-refractivity contribution in [2.45, 2.75) is 39.8 Å². The molecular weight excluding hydrogens is 270 g/mol. The SMILES string of the molecule is CCCCn1c(C)cc2ccnc(NCc3ccccc3)c21. The van der Waals surface area contributed by atoms with Crippen LogP contribution >= 0.6 is 0 Å². The number of hydrogen-bond donors (Lipinski definition) is 1. The van der Waals surface area contributed by atoms with Crippen molar-refractivity contribution in [1.82, 2.24) is 9.55 Å². The van der Waals surface area contributed by atoms with Gasteiger partial charge in [0.05, 0.1) is 5.52 Å². The van der Waals surface area contributed by atoms with E-state index in [0.29, 0.717) is 0 Å². The van der Waals surface area contributed by atoms with E-state index < -0.39 is 0 Å². The third-order valence-electron chi connectivity index (χ3n) is 4.05. The van der Waals surface area contributed by atoms with E-state index in [-0.39, 0.29) is 0 Å². The first-order valence-corrected chi connectivity index (χ1v) is 8.02. The second-order valence-corrected chi connectivity index (χ2v) is 5.73. The van der Waals surface area contributed by atoms with Gasteiger partial charge in [-0.15, -0.1) is 0 Å². The van der Waals surface area contributed by atoms with Gasteiger partial charge in [0, 0.05) is 30.4 Å². The Hall–Kier alpha value is -2.29. The maximum Gasteiger partial charge on any atom is 0.150 e. The minimum atomic E-state index is 0.797. The smallest absolute Gasteiger partial charge is 0.150 e. The zero-order chi connectivity index (χ0) is 15.4. The van der Waals surface area contributed by atoms with Crippen LogP contribution in [0.3, 0.4) is 0 Å². The molecule has 0 aliphatic rings. The third-order valence-corrected chi connectivity index (χ3v) is 4.05. The Bertz CT molecular complexity index is 744. The molecule has 0 aliphatic carbocycles. The molecule has 1 aromatic carbocycles. The molecule has 0 radical (unpaired) electrons. The quantitative estimate of drug-likeness (QED) is 0.710. The lowest BCUT2D eigenvalue weighted by molar-refractivity contribution is 0.637. The van der Waals surface area contributed by atoms with Crippen molar-refractivity contribution in [3.63, 3.8) is 0 Å². The van der Waals surface area contributed by atoms with Gasteiger partial charge in [-0.1, -0.05) is 43.7 Å². The summed E-state index contributed by atoms with van der Waals surface area (Å²) in [6.07, 6.45) is 4.28. The highest BCUT2D eigenvalue weighted by Gasteiger charge is 2.10. The Morgan fingerprint density at radius 3 is 2.73 bits per heavy atom. The Labute approximate surface area is 132 Å². The lowest BCUT2D eigenvalue weighted by Crippen LogP contribution is -2.06. The molecule has 0 atom stereocenters. The molecule has 0 saturated carbocycles. The molecule has 0 saturated heterocycles. The van der Waals surface area contributed by atoms with Gasteiger partial charge < -0.3 is 9.88 Å². The summed E-state index contributed by atoms with van der Waals surface area (Å²) >= 11 is 0. The van der Waals surface area contributed by atoms with E-state index in [1.165, 1.54) is 35.0 Å². The number of aryl methyl sites for hydroxylation is 2. The number of nitrogens with one attached hydrogen (secondary N) is 1. The summed E-state index contributed by atoms with van der Waals surface area (Å²) in [7, 11) is 0. The van der Waals surface area contributed by atoms with Gasteiger partial charge in [0.15, 0.2) is 5.82 Å². The Balaban J connectivity index is 1.91. The standard InChI is InChI=1S/C19H23N3/c1-3-4-12-22-15(2)13-17-10-11-20-19(18(17)22)21-14-16-8-6-5-7-9-16/h5-11,13H,3-4,12,14H2,1-2H3,(H,20,21). The lowest BCUT2D eigenvalue weighted by Gasteiger charge is -2.12. The van der Waals surface area contributed by atoms with E-state index in [1.54, 1.807) is 0 Å². The van der Waals surface area contributed by atoms with Gasteiger partial charge in [0.2, 0.25) is 0 Å². The second kappa shape index (κ2) is 6.65. The summed E-state index contributed by atoms with van der Waals surface area (Å²) in [5.41, 5.74) is 3.80. The van der Waals surface area contributed by atoms with Crippen molar-refractivity contribution in [1.29, 1.82) is 0 Å². The molecule has 0 amide bonds. The number of fused-ring (bicyclic) bond motifs is 1. The third kappa shape index (κ3) is 2.98. The molecule has 0 bridgehead atoms. The molecule has 3 rings (SSSR count). The normalized spacial score (nSPS) is 11.0. The molecule has 0 unspecified atom stereocenters. The Morgan fingerprint density at radius 1 is 1.14 bits per heavy atom. The average Bonchev–Trinajstić information content (AvgIpc) is 2.88. The summed E-state index contributed by atoms with van der Waals surface area (Å²) in [6, 6.07) is 14.8. The van der Waals surface area contributed by atoms with Crippen LogP contribution in [0.15, 0.2) is 48.7 Å². The molecule has 114 valence electrons. The maximum atomic E-state index is 4.57. The van der Waals surface area contributed by atoms with Gasteiger partial charge in [-0.25, -0.2) is 4.98 Å². The minimum absolute atomic E-state index is 0.797. The van der Waals surface area contributed by atoms with E-state index in [0.717, 1.165) is 18.9 Å². The van der Waals surface area contributed by atoms with Gasteiger partial charge in [-0.3, -0.25) is 0 Å². The van der Waals surface area contributed by atoms with Gasteiger partial charge in [-0.2, -0.15) is 0 Å². The number of nitrogens with zero attached hydrogens (tertiary/aromatic N) is 2. The van der Waals surface area contributed by atoms with Crippen LogP contribution in [0.1, 0.15) is 31.0 Å². The van der Waals surface area contributed by atoms with Crippen molar-refractivity contribution in [3.05, 3.63) is 59.9 Å². The maximum absolute atomic E-state index is 4.57. The topological polar surface area (TPSA) is 29.9 Å². The number of benzene rings is 1. The molecule has 2 aromatic heterocycles. The number of hydrogen-bond acceptors (Lipinski definition) is 2. The van der Waals surface area contributed by atoms with Crippen molar-refractivity contribution in [2.24, 2.45) is 0 Å². The van der Waals surface area contributed by atoms with Crippen LogP contribution in [0, 0.1) is 6.92 Å². The first kappa shape index (κ1) is 14.6. The lowest BCUT2D eigenvalue weighted by atomic mass is 10.2. The fraction of sp³-hybridized carbons (Fsp3) is 0.316. The van der Waals surface area contributed by atoms with Crippen molar-refractivity contribution >= 4 is 16.7 Å². The molecule has 0 aliphatic heterocycles. The highest BCUT2D eigenvalue weighted by Crippen LogP contribution is 2.26. The van der Waals surface area contributed by atoms with E-state index in [4.69, 9.17) is 0 Å². The van der Waals surface area contributed by atoms with Gasteiger partial charge >= 0.3 is 0 Å². The molecule has 0 spiro atoms. The minimum Gasteiger partial charge on any atom is -0.364 e. The fourth-order valence-electron chi connectivity index (χ4n) is 2.86. The molecule has 3 nitrogen and oxygen atoms in total. The summed E-state index contributed by atoms with van der Waals surface area (Å²) < 4.78 is 2.39. The number of unbranched alkanes of at least 4 members (excludes halogenated alkanes) is 1. The zero-order valence-electron chi connectivity index (χ0n) is 13.3. The Morgan fingerprint density at radius 2 is 1.95 bits per heavy atom. The molecule has 0 fully saturated rings. The predicted octanol–water partition coefficient (Wildman–Crippen LogP) is 4.76. The first-order valence-electron chi connectivity index (χ1n) is 8.02. The van der Waals surface area contributed by atoms with E-state index in [1.807, 2.05) is 12.3 Å². The molecule has 22 heavy (non-hydrogen) atoms. The van der Waals surface area contributed by atoms with Crippen LogP contribution in [-0.4, -0.2) is 9.55 Å². The average molecular weight is 293 g/mol. The van der Waals surface area contributed by atoms with Crippen LogP contribution in [0.25, 0.3) is 10.9 Å². The number of aromatic nitrogens is 2. The number of anilines is 1. The van der Waals surface area contributed by atoms with Crippen molar-refractivity contribution in [3.8, 4) is 0 Å². The monoisotopic (exact) mass is 293 g/mol. The summed E-state index contributed by atoms with van der Waals surface area (Å²) in [4.78, 5) is 4.57. The second-order valence-electron chi connectivity index (χ2n) is 5.73. The molecular formula is C19H23N3. The largest absolute Gasteiger partial charge is 0.364 e. The van der Waals surface area contributed by atoms with Gasteiger partial charge in [-0.05, 0) is 31.0 Å². The molecule has 3 aromatic rings. The Kier molecular flexibility index (Phi) is 4.42. The van der Waals surface area contributed by atoms with Crippen molar-refractivity contribution in [2.75, 3.05) is 5.32 Å². The summed E-state index contributed by atoms with van der Waals surface area (Å²) in [5.74, 6) is 0.977. The molecule has 1 N–H and O–H groups in total. The van der Waals surface area contributed by atoms with Gasteiger partial charge in [0.1, 0.15) is 0 Å². The number of pyridine rings is 1. The van der Waals surface area contributed by atoms with E-state index in [9.17, 15) is 0 Å². The first-order chi connectivity index (χ1) is 10.8. The predicted molar refractivity (Wildman–Crippen MR) is 93.1 cm³/mol. The molecule has 2 heterocycles. The van der Waals surface area contributed by atoms with Crippen LogP contribution in [0.5, 0.6) is 0 Å². The van der Waals surface area contributed by atoms with Crippen molar-refractivity contribution < 1.29 is 0 Å². The molecule has 3 heteroatoms. The zero-order valence-corrected chi connectivity index (χ0v) is 13.3. The van der Waals surface area contributed by atoms with E-state index in [2.05, 4.69) is 65.1 Å². The number of rotatable bonds is 6. The van der Waals surface area contributed by atoms with Gasteiger partial charge in [0.25, 0.3) is 0 Å². The fourth-order valence-corrected chi connectivity index (χ4v) is 2.86. The summed E-state index contributed by atoms with van der Waals surface area (Å²) in [6.45, 7) is 6.26. The van der Waals surface area contributed by atoms with Crippen LogP contribution in [0.2, 0.25) is 0 Å². The van der Waals surface area contributed by atoms with Crippen LogP contribution in [0.4, 0.5) is 5.82 Å². The highest BCUT2D eigenvalue weighted by atomic mass is 15.1. The van der Waals surface area contributed by atoms with E-state index >= 15 is 0 Å². The highest BCUT2D eigenvalue weighted by molar-refractivity contribution is 5.90. The summed E-state index contributed by atoms with van der Waals surface area (Å²) in [5, 5.41) is 4.77.